The number of likely N-dealkylation sites (N-methyl/N-ethyl adjacent to an activating group) is 1. The van der Waals surface area contributed by atoms with Gasteiger partial charge in [0.2, 0.25) is 0 Å². The molecule has 52 heavy (non-hydrogen) atoms. The maximum Gasteiger partial charge on any atom is 0.163 e. The summed E-state index contributed by atoms with van der Waals surface area (Å²) in [6.07, 6.45) is 18.5. The van der Waals surface area contributed by atoms with Crippen molar-refractivity contribution in [2.75, 3.05) is 18.5 Å². The molecule has 0 amide bonds. The highest BCUT2D eigenvalue weighted by Crippen LogP contribution is 2.39. The molecule has 5 nitrogen and oxygen atoms in total. The Labute approximate surface area is 305 Å². The summed E-state index contributed by atoms with van der Waals surface area (Å²) in [5.41, 5.74) is 12.8. The molecule has 0 saturated carbocycles. The second-order valence-corrected chi connectivity index (χ2v) is 14.0. The van der Waals surface area contributed by atoms with E-state index in [9.17, 15) is 0 Å². The van der Waals surface area contributed by atoms with Crippen LogP contribution in [0.1, 0.15) is 59.0 Å². The lowest BCUT2D eigenvalue weighted by atomic mass is 9.84. The van der Waals surface area contributed by atoms with Gasteiger partial charge in [-0.3, -0.25) is 4.98 Å². The number of hydrogen-bond acceptors (Lipinski definition) is 5. The van der Waals surface area contributed by atoms with Crippen LogP contribution >= 0.6 is 0 Å². The fourth-order valence-electron chi connectivity index (χ4n) is 7.81. The van der Waals surface area contributed by atoms with Crippen molar-refractivity contribution in [1.82, 2.24) is 19.9 Å². The summed E-state index contributed by atoms with van der Waals surface area (Å²) >= 11 is 0. The highest BCUT2D eigenvalue weighted by Gasteiger charge is 2.25. The fourth-order valence-corrected chi connectivity index (χ4v) is 7.81. The van der Waals surface area contributed by atoms with Gasteiger partial charge in [0.1, 0.15) is 5.82 Å². The molecular formula is C47H39N5. The number of allylic oxidation sites excluding steroid dienone is 5. The smallest absolute Gasteiger partial charge is 0.163 e. The van der Waals surface area contributed by atoms with Gasteiger partial charge in [0, 0.05) is 48.3 Å². The zero-order valence-corrected chi connectivity index (χ0v) is 29.4. The Bertz CT molecular complexity index is 2390. The van der Waals surface area contributed by atoms with Gasteiger partial charge in [-0.25, -0.2) is 15.0 Å². The van der Waals surface area contributed by atoms with Gasteiger partial charge in [0.05, 0.1) is 11.4 Å². The Morgan fingerprint density at radius 2 is 1.35 bits per heavy atom. The van der Waals surface area contributed by atoms with E-state index in [1.165, 1.54) is 44.6 Å². The van der Waals surface area contributed by atoms with E-state index in [2.05, 4.69) is 165 Å². The molecule has 6 aromatic rings. The van der Waals surface area contributed by atoms with Crippen LogP contribution in [-0.4, -0.2) is 33.5 Å². The number of para-hydroxylation sites is 1. The standard InChI is InChI=1S/C47H39N5/c1-31-30-39(32-10-4-3-5-11-32)26-27-40(31)47-50-45(37-22-18-33(19-23-37)41-16-6-12-35-14-8-28-48-43(35)41)49-46(51-47)38-24-20-34(21-25-38)42-17-7-13-36-15-9-29-52(2)44(36)42/h3-15,17-28,30-31,40-41H,16,29H2,1-2H3. The maximum absolute atomic E-state index is 5.17. The van der Waals surface area contributed by atoms with Crippen LogP contribution in [0, 0.1) is 5.92 Å². The van der Waals surface area contributed by atoms with Crippen LogP contribution in [-0.2, 0) is 0 Å². The average molecular weight is 674 g/mol. The molecule has 9 rings (SSSR count). The molecule has 252 valence electrons. The molecule has 3 unspecified atom stereocenters. The fraction of sp³-hybridized carbons (Fsp3) is 0.149. The third-order valence-corrected chi connectivity index (χ3v) is 10.6. The number of anilines is 1. The molecule has 0 spiro atoms. The topological polar surface area (TPSA) is 54.8 Å². The molecular weight excluding hydrogens is 635 g/mol. The van der Waals surface area contributed by atoms with E-state index >= 15 is 0 Å². The summed E-state index contributed by atoms with van der Waals surface area (Å²) in [5.74, 6) is 2.59. The molecule has 1 aliphatic heterocycles. The number of nitrogens with zero attached hydrogens (tertiary/aromatic N) is 5. The monoisotopic (exact) mass is 673 g/mol. The molecule has 3 atom stereocenters. The highest BCUT2D eigenvalue weighted by molar-refractivity contribution is 5.87. The predicted molar refractivity (Wildman–Crippen MR) is 214 cm³/mol. The molecule has 0 saturated heterocycles. The number of fused-ring (bicyclic) bond motifs is 2. The average Bonchev–Trinajstić information content (AvgIpc) is 3.21. The lowest BCUT2D eigenvalue weighted by Gasteiger charge is -2.26. The zero-order valence-electron chi connectivity index (χ0n) is 29.4. The molecule has 2 aromatic heterocycles. The van der Waals surface area contributed by atoms with Crippen LogP contribution in [0.2, 0.25) is 0 Å². The van der Waals surface area contributed by atoms with Crippen LogP contribution in [0.3, 0.4) is 0 Å². The van der Waals surface area contributed by atoms with Crippen LogP contribution in [0.25, 0.3) is 51.6 Å². The summed E-state index contributed by atoms with van der Waals surface area (Å²) in [7, 11) is 2.15. The van der Waals surface area contributed by atoms with Gasteiger partial charge < -0.3 is 4.90 Å². The van der Waals surface area contributed by atoms with Gasteiger partial charge in [0.25, 0.3) is 0 Å². The normalized spacial score (nSPS) is 18.8. The van der Waals surface area contributed by atoms with Gasteiger partial charge in [-0.05, 0) is 51.8 Å². The lowest BCUT2D eigenvalue weighted by Crippen LogP contribution is -2.21. The zero-order chi connectivity index (χ0) is 35.0. The second kappa shape index (κ2) is 13.5. The molecule has 0 radical (unpaired) electrons. The minimum absolute atomic E-state index is 0.0162. The van der Waals surface area contributed by atoms with Crippen molar-refractivity contribution >= 4 is 23.4 Å². The summed E-state index contributed by atoms with van der Waals surface area (Å²) < 4.78 is 0. The molecule has 3 heterocycles. The molecule has 0 bridgehead atoms. The summed E-state index contributed by atoms with van der Waals surface area (Å²) in [6, 6.07) is 38.6. The molecule has 4 aromatic carbocycles. The van der Waals surface area contributed by atoms with Crippen molar-refractivity contribution in [2.45, 2.75) is 25.2 Å². The van der Waals surface area contributed by atoms with Crippen molar-refractivity contribution in [3.8, 4) is 33.9 Å². The number of pyridine rings is 1. The quantitative estimate of drug-likeness (QED) is 0.176. The van der Waals surface area contributed by atoms with E-state index in [1.54, 1.807) is 0 Å². The Morgan fingerprint density at radius 1 is 0.635 bits per heavy atom. The highest BCUT2D eigenvalue weighted by atomic mass is 15.1. The first-order valence-electron chi connectivity index (χ1n) is 18.1. The number of rotatable bonds is 6. The first kappa shape index (κ1) is 31.8. The Balaban J connectivity index is 1.09. The SMILES string of the molecule is CC1C=C(c2ccccc2)C=CC1c1nc(-c2ccc(-c3cccc4c3N(C)CC=C4)cc2)nc(-c2ccc(C3CC=Cc4cccnc43)cc2)n1. The first-order valence-corrected chi connectivity index (χ1v) is 18.1. The summed E-state index contributed by atoms with van der Waals surface area (Å²) in [6.45, 7) is 3.15. The minimum atomic E-state index is 0.0162. The molecule has 2 aliphatic carbocycles. The Morgan fingerprint density at radius 3 is 2.12 bits per heavy atom. The van der Waals surface area contributed by atoms with Gasteiger partial charge in [-0.2, -0.15) is 0 Å². The Kier molecular flexibility index (Phi) is 8.24. The summed E-state index contributed by atoms with van der Waals surface area (Å²) in [4.78, 5) is 22.5. The number of aromatic nitrogens is 4. The second-order valence-electron chi connectivity index (χ2n) is 14.0. The van der Waals surface area contributed by atoms with Crippen LogP contribution in [0.15, 0.2) is 146 Å². The molecule has 3 aliphatic rings. The lowest BCUT2D eigenvalue weighted by molar-refractivity contribution is 0.602. The van der Waals surface area contributed by atoms with Gasteiger partial charge >= 0.3 is 0 Å². The maximum atomic E-state index is 5.17. The van der Waals surface area contributed by atoms with Crippen molar-refractivity contribution in [3.63, 3.8) is 0 Å². The van der Waals surface area contributed by atoms with Gasteiger partial charge in [0.15, 0.2) is 11.6 Å². The van der Waals surface area contributed by atoms with Crippen molar-refractivity contribution < 1.29 is 0 Å². The third-order valence-electron chi connectivity index (χ3n) is 10.6. The minimum Gasteiger partial charge on any atom is -0.370 e. The molecule has 5 heteroatoms. The van der Waals surface area contributed by atoms with Crippen molar-refractivity contribution in [2.24, 2.45) is 5.92 Å². The van der Waals surface area contributed by atoms with Crippen LogP contribution in [0.5, 0.6) is 0 Å². The summed E-state index contributed by atoms with van der Waals surface area (Å²) in [5, 5.41) is 0. The van der Waals surface area contributed by atoms with E-state index in [1.807, 2.05) is 12.3 Å². The van der Waals surface area contributed by atoms with Gasteiger partial charge in [-0.15, -0.1) is 0 Å². The van der Waals surface area contributed by atoms with E-state index in [4.69, 9.17) is 19.9 Å². The number of benzene rings is 4. The van der Waals surface area contributed by atoms with E-state index in [-0.39, 0.29) is 17.8 Å². The van der Waals surface area contributed by atoms with Gasteiger partial charge in [-0.1, -0.05) is 153 Å². The number of hydrogen-bond donors (Lipinski definition) is 0. The van der Waals surface area contributed by atoms with E-state index < -0.39 is 0 Å². The Hall–Kier alpha value is -6.20. The van der Waals surface area contributed by atoms with E-state index in [0.29, 0.717) is 11.6 Å². The largest absolute Gasteiger partial charge is 0.370 e. The van der Waals surface area contributed by atoms with Crippen LogP contribution in [0.4, 0.5) is 5.69 Å². The third kappa shape index (κ3) is 5.98. The van der Waals surface area contributed by atoms with Crippen molar-refractivity contribution in [3.05, 3.63) is 180 Å². The molecule has 0 N–H and O–H groups in total. The van der Waals surface area contributed by atoms with Crippen LogP contribution < -0.4 is 4.90 Å². The predicted octanol–water partition coefficient (Wildman–Crippen LogP) is 10.7. The molecule has 0 fully saturated rings. The first-order chi connectivity index (χ1) is 25.6. The van der Waals surface area contributed by atoms with Crippen molar-refractivity contribution in [1.29, 1.82) is 0 Å². The van der Waals surface area contributed by atoms with E-state index in [0.717, 1.165) is 35.6 Å².